The molecule has 3 rings (SSSR count). The van der Waals surface area contributed by atoms with Crippen molar-refractivity contribution in [2.24, 2.45) is 0 Å². The molecule has 7 nitrogen and oxygen atoms in total. The molecule has 0 aliphatic rings. The van der Waals surface area contributed by atoms with Gasteiger partial charge in [-0.15, -0.1) is 11.3 Å². The second-order valence-electron chi connectivity index (χ2n) is 6.61. The summed E-state index contributed by atoms with van der Waals surface area (Å²) in [5.74, 6) is 0.216. The Morgan fingerprint density at radius 2 is 1.93 bits per heavy atom. The number of hydrogen-bond acceptors (Lipinski definition) is 6. The summed E-state index contributed by atoms with van der Waals surface area (Å²) in [5, 5.41) is 14.4. The number of ether oxygens (including phenoxy) is 1. The van der Waals surface area contributed by atoms with Gasteiger partial charge < -0.3 is 15.2 Å². The van der Waals surface area contributed by atoms with Gasteiger partial charge in [-0.2, -0.15) is 0 Å². The topological polar surface area (TPSA) is 105 Å². The molecule has 30 heavy (non-hydrogen) atoms. The van der Waals surface area contributed by atoms with Crippen LogP contribution < -0.4 is 14.8 Å². The van der Waals surface area contributed by atoms with Gasteiger partial charge in [0.05, 0.1) is 0 Å². The molecule has 2 aromatic carbocycles. The van der Waals surface area contributed by atoms with Gasteiger partial charge in [0, 0.05) is 17.8 Å². The SMILES string of the molecule is Cc1cccc(OCC(O)CNC(=O)c2cccc(NS(=O)(=O)c3cccs3)c2)c1. The number of sulfonamides is 1. The molecule has 0 radical (unpaired) electrons. The minimum Gasteiger partial charge on any atom is -0.491 e. The lowest BCUT2D eigenvalue weighted by atomic mass is 10.2. The van der Waals surface area contributed by atoms with Crippen molar-refractivity contribution in [2.75, 3.05) is 17.9 Å². The Bertz CT molecular complexity index is 1100. The molecular formula is C21H22N2O5S2. The first-order valence-corrected chi connectivity index (χ1v) is 11.5. The van der Waals surface area contributed by atoms with Crippen LogP contribution in [0.1, 0.15) is 15.9 Å². The summed E-state index contributed by atoms with van der Waals surface area (Å²) in [4.78, 5) is 12.4. The molecule has 1 amide bonds. The molecule has 0 spiro atoms. The Morgan fingerprint density at radius 1 is 1.13 bits per heavy atom. The molecule has 1 heterocycles. The first kappa shape index (κ1) is 21.8. The summed E-state index contributed by atoms with van der Waals surface area (Å²) in [6, 6.07) is 16.8. The summed E-state index contributed by atoms with van der Waals surface area (Å²) in [6.07, 6.45) is -0.894. The maximum absolute atomic E-state index is 12.4. The van der Waals surface area contributed by atoms with Crippen LogP contribution in [0.3, 0.4) is 0 Å². The van der Waals surface area contributed by atoms with E-state index in [1.807, 2.05) is 25.1 Å². The number of benzene rings is 2. The summed E-state index contributed by atoms with van der Waals surface area (Å²) in [5.41, 5.74) is 1.59. The number of nitrogens with one attached hydrogen (secondary N) is 2. The molecule has 0 saturated carbocycles. The fourth-order valence-electron chi connectivity index (χ4n) is 2.61. The van der Waals surface area contributed by atoms with Crippen molar-refractivity contribution in [3.05, 3.63) is 77.2 Å². The fourth-order valence-corrected chi connectivity index (χ4v) is 4.66. The normalized spacial score (nSPS) is 12.2. The Labute approximate surface area is 179 Å². The maximum atomic E-state index is 12.4. The van der Waals surface area contributed by atoms with Gasteiger partial charge >= 0.3 is 0 Å². The van der Waals surface area contributed by atoms with Crippen molar-refractivity contribution in [1.82, 2.24) is 5.32 Å². The lowest BCUT2D eigenvalue weighted by Gasteiger charge is -2.14. The zero-order valence-electron chi connectivity index (χ0n) is 16.2. The van der Waals surface area contributed by atoms with Crippen LogP contribution in [0.5, 0.6) is 5.75 Å². The minimum absolute atomic E-state index is 0.00417. The third-order valence-electron chi connectivity index (χ3n) is 4.07. The second-order valence-corrected chi connectivity index (χ2v) is 9.47. The molecule has 1 aromatic heterocycles. The van der Waals surface area contributed by atoms with E-state index >= 15 is 0 Å². The number of thiophene rings is 1. The second kappa shape index (κ2) is 9.75. The molecule has 158 valence electrons. The lowest BCUT2D eigenvalue weighted by Crippen LogP contribution is -2.35. The van der Waals surface area contributed by atoms with Crippen LogP contribution in [0, 0.1) is 6.92 Å². The van der Waals surface area contributed by atoms with Gasteiger partial charge in [-0.1, -0.05) is 24.3 Å². The van der Waals surface area contributed by atoms with Gasteiger partial charge in [-0.05, 0) is 54.3 Å². The van der Waals surface area contributed by atoms with E-state index in [-0.39, 0.29) is 28.6 Å². The van der Waals surface area contributed by atoms with Gasteiger partial charge in [-0.3, -0.25) is 9.52 Å². The molecule has 1 unspecified atom stereocenters. The first-order chi connectivity index (χ1) is 14.3. The Morgan fingerprint density at radius 3 is 2.67 bits per heavy atom. The van der Waals surface area contributed by atoms with E-state index in [1.54, 1.807) is 35.7 Å². The minimum atomic E-state index is -3.69. The van der Waals surface area contributed by atoms with Crippen molar-refractivity contribution >= 4 is 33.0 Å². The van der Waals surface area contributed by atoms with Crippen LogP contribution in [0.4, 0.5) is 5.69 Å². The van der Waals surface area contributed by atoms with Gasteiger partial charge in [0.15, 0.2) is 0 Å². The fraction of sp³-hybridized carbons (Fsp3) is 0.190. The van der Waals surface area contributed by atoms with Gasteiger partial charge in [0.2, 0.25) is 0 Å². The smallest absolute Gasteiger partial charge is 0.271 e. The molecule has 0 aliphatic carbocycles. The summed E-state index contributed by atoms with van der Waals surface area (Å²) in [6.45, 7) is 1.97. The molecule has 3 aromatic rings. The molecule has 0 bridgehead atoms. The van der Waals surface area contributed by atoms with Crippen molar-refractivity contribution in [3.63, 3.8) is 0 Å². The summed E-state index contributed by atoms with van der Waals surface area (Å²) < 4.78 is 32.8. The van der Waals surface area contributed by atoms with Gasteiger partial charge in [0.1, 0.15) is 22.7 Å². The highest BCUT2D eigenvalue weighted by Gasteiger charge is 2.16. The highest BCUT2D eigenvalue weighted by Crippen LogP contribution is 2.21. The molecule has 0 aliphatic heterocycles. The van der Waals surface area contributed by atoms with E-state index in [2.05, 4.69) is 10.0 Å². The van der Waals surface area contributed by atoms with E-state index in [4.69, 9.17) is 4.74 Å². The first-order valence-electron chi connectivity index (χ1n) is 9.15. The zero-order valence-corrected chi connectivity index (χ0v) is 17.9. The Hall–Kier alpha value is -2.88. The monoisotopic (exact) mass is 446 g/mol. The van der Waals surface area contributed by atoms with Crippen LogP contribution in [0.25, 0.3) is 0 Å². The van der Waals surface area contributed by atoms with Crippen LogP contribution in [0.2, 0.25) is 0 Å². The number of amides is 1. The number of aryl methyl sites for hydroxylation is 1. The van der Waals surface area contributed by atoms with E-state index < -0.39 is 22.0 Å². The van der Waals surface area contributed by atoms with Crippen LogP contribution in [0.15, 0.2) is 70.3 Å². The highest BCUT2D eigenvalue weighted by molar-refractivity contribution is 7.94. The molecule has 0 fully saturated rings. The Kier molecular flexibility index (Phi) is 7.09. The Balaban J connectivity index is 1.53. The molecule has 0 saturated heterocycles. The zero-order chi connectivity index (χ0) is 21.6. The number of hydrogen-bond donors (Lipinski definition) is 3. The average Bonchev–Trinajstić information content (AvgIpc) is 3.26. The number of aliphatic hydroxyl groups excluding tert-OH is 1. The van der Waals surface area contributed by atoms with E-state index in [0.717, 1.165) is 16.9 Å². The highest BCUT2D eigenvalue weighted by atomic mass is 32.2. The van der Waals surface area contributed by atoms with E-state index in [9.17, 15) is 18.3 Å². The lowest BCUT2D eigenvalue weighted by molar-refractivity contribution is 0.0843. The molecular weight excluding hydrogens is 424 g/mol. The third-order valence-corrected chi connectivity index (χ3v) is 6.85. The van der Waals surface area contributed by atoms with Gasteiger partial charge in [-0.25, -0.2) is 8.42 Å². The largest absolute Gasteiger partial charge is 0.491 e. The predicted molar refractivity (Wildman–Crippen MR) is 117 cm³/mol. The van der Waals surface area contributed by atoms with Gasteiger partial charge in [0.25, 0.3) is 15.9 Å². The molecule has 9 heteroatoms. The standard InChI is InChI=1S/C21H22N2O5S2/c1-15-5-2-8-19(11-15)28-14-18(24)13-22-21(25)16-6-3-7-17(12-16)23-30(26,27)20-9-4-10-29-20/h2-12,18,23-24H,13-14H2,1H3,(H,22,25). The number of rotatable bonds is 9. The van der Waals surface area contributed by atoms with Crippen molar-refractivity contribution < 1.29 is 23.1 Å². The number of anilines is 1. The van der Waals surface area contributed by atoms with Crippen molar-refractivity contribution in [2.45, 2.75) is 17.2 Å². The molecule has 1 atom stereocenters. The van der Waals surface area contributed by atoms with Crippen LogP contribution >= 0.6 is 11.3 Å². The van der Waals surface area contributed by atoms with Crippen LogP contribution in [-0.2, 0) is 10.0 Å². The van der Waals surface area contributed by atoms with Crippen molar-refractivity contribution in [3.8, 4) is 5.75 Å². The molecule has 3 N–H and O–H groups in total. The summed E-state index contributed by atoms with van der Waals surface area (Å²) in [7, 11) is -3.69. The van der Waals surface area contributed by atoms with E-state index in [0.29, 0.717) is 5.75 Å². The van der Waals surface area contributed by atoms with Crippen molar-refractivity contribution in [1.29, 1.82) is 0 Å². The van der Waals surface area contributed by atoms with Crippen LogP contribution in [-0.4, -0.2) is 38.7 Å². The number of carbonyl (C=O) groups is 1. The summed E-state index contributed by atoms with van der Waals surface area (Å²) >= 11 is 1.11. The number of aliphatic hydroxyl groups is 1. The quantitative estimate of drug-likeness (QED) is 0.469. The predicted octanol–water partition coefficient (Wildman–Crippen LogP) is 3.03. The number of carbonyl (C=O) groups excluding carboxylic acids is 1. The average molecular weight is 447 g/mol. The maximum Gasteiger partial charge on any atom is 0.271 e. The van der Waals surface area contributed by atoms with E-state index in [1.165, 1.54) is 12.1 Å². The third kappa shape index (κ3) is 6.06.